The number of rotatable bonds is 2. The Hall–Kier alpha value is -1.84. The van der Waals surface area contributed by atoms with Gasteiger partial charge in [0.1, 0.15) is 0 Å². The molecule has 1 fully saturated rings. The molecule has 4 heteroatoms. The molecule has 1 aromatic heterocycles. The van der Waals surface area contributed by atoms with E-state index in [2.05, 4.69) is 43.2 Å². The summed E-state index contributed by atoms with van der Waals surface area (Å²) in [7, 11) is 0. The van der Waals surface area contributed by atoms with Crippen LogP contribution >= 0.6 is 0 Å². The second-order valence-electron chi connectivity index (χ2n) is 6.50. The lowest BCUT2D eigenvalue weighted by Crippen LogP contribution is -2.15. The number of hydrogen-bond acceptors (Lipinski definition) is 2. The van der Waals surface area contributed by atoms with Gasteiger partial charge in [0.15, 0.2) is 0 Å². The fourth-order valence-corrected chi connectivity index (χ4v) is 3.18. The second-order valence-corrected chi connectivity index (χ2v) is 6.50. The van der Waals surface area contributed by atoms with Crippen molar-refractivity contribution in [1.29, 1.82) is 0 Å². The van der Waals surface area contributed by atoms with Crippen molar-refractivity contribution in [3.05, 3.63) is 29.6 Å². The maximum absolute atomic E-state index is 12.0. The molecule has 1 aliphatic heterocycles. The second kappa shape index (κ2) is 3.59. The quantitative estimate of drug-likeness (QED) is 0.786. The molecule has 2 heterocycles. The first-order valence-corrected chi connectivity index (χ1v) is 6.59. The third kappa shape index (κ3) is 1.59. The molecule has 100 valence electrons. The molecule has 0 radical (unpaired) electrons. The number of carbonyl (C=O) groups excluding carboxylic acids is 1. The van der Waals surface area contributed by atoms with Gasteiger partial charge >= 0.3 is 0 Å². The van der Waals surface area contributed by atoms with E-state index < -0.39 is 0 Å². The molecule has 0 atom stereocenters. The SMILES string of the molecule is CC1(C)C(C2=NNC(=O)C2=Cc2ccc[nH]2)C1(C)C. The molecule has 1 saturated carbocycles. The maximum Gasteiger partial charge on any atom is 0.273 e. The predicted octanol–water partition coefficient (Wildman–Crippen LogP) is 2.57. The van der Waals surface area contributed by atoms with Crippen LogP contribution < -0.4 is 5.43 Å². The average Bonchev–Trinajstić information content (AvgIpc) is 2.79. The fraction of sp³-hybridized carbons (Fsp3) is 0.467. The minimum Gasteiger partial charge on any atom is -0.362 e. The predicted molar refractivity (Wildman–Crippen MR) is 75.4 cm³/mol. The Bertz CT molecular complexity index is 577. The molecule has 0 aromatic carbocycles. The van der Waals surface area contributed by atoms with Gasteiger partial charge in [-0.05, 0) is 29.0 Å². The van der Waals surface area contributed by atoms with Gasteiger partial charge in [-0.1, -0.05) is 27.7 Å². The van der Waals surface area contributed by atoms with E-state index in [0.29, 0.717) is 11.5 Å². The van der Waals surface area contributed by atoms with Crippen LogP contribution in [0.2, 0.25) is 0 Å². The minimum atomic E-state index is -0.108. The van der Waals surface area contributed by atoms with Crippen LogP contribution in [0.1, 0.15) is 33.4 Å². The van der Waals surface area contributed by atoms with E-state index >= 15 is 0 Å². The highest BCUT2D eigenvalue weighted by molar-refractivity contribution is 6.29. The highest BCUT2D eigenvalue weighted by Crippen LogP contribution is 2.69. The Morgan fingerprint density at radius 3 is 2.47 bits per heavy atom. The van der Waals surface area contributed by atoms with E-state index in [1.807, 2.05) is 24.4 Å². The smallest absolute Gasteiger partial charge is 0.273 e. The summed E-state index contributed by atoms with van der Waals surface area (Å²) < 4.78 is 0. The van der Waals surface area contributed by atoms with Crippen LogP contribution in [-0.2, 0) is 4.79 Å². The van der Waals surface area contributed by atoms with Crippen LogP contribution in [0.5, 0.6) is 0 Å². The van der Waals surface area contributed by atoms with Gasteiger partial charge in [-0.25, -0.2) is 5.43 Å². The normalized spacial score (nSPS) is 26.4. The summed E-state index contributed by atoms with van der Waals surface area (Å²) in [5.74, 6) is 0.211. The lowest BCUT2D eigenvalue weighted by molar-refractivity contribution is -0.116. The number of hydrogen-bond donors (Lipinski definition) is 2. The van der Waals surface area contributed by atoms with Crippen molar-refractivity contribution in [1.82, 2.24) is 10.4 Å². The van der Waals surface area contributed by atoms with Crippen molar-refractivity contribution in [2.45, 2.75) is 27.7 Å². The lowest BCUT2D eigenvalue weighted by Gasteiger charge is -2.03. The van der Waals surface area contributed by atoms with Crippen molar-refractivity contribution in [3.8, 4) is 0 Å². The summed E-state index contributed by atoms with van der Waals surface area (Å²) in [5, 5.41) is 4.27. The Morgan fingerprint density at radius 1 is 1.26 bits per heavy atom. The zero-order chi connectivity index (χ0) is 13.8. The van der Waals surface area contributed by atoms with Gasteiger partial charge in [0.05, 0.1) is 11.3 Å². The van der Waals surface area contributed by atoms with Crippen LogP contribution in [0.3, 0.4) is 0 Å². The molecule has 1 aromatic rings. The Kier molecular flexibility index (Phi) is 2.31. The highest BCUT2D eigenvalue weighted by Gasteiger charge is 2.67. The molecule has 0 spiro atoms. The van der Waals surface area contributed by atoms with Gasteiger partial charge in [0, 0.05) is 17.8 Å². The largest absolute Gasteiger partial charge is 0.362 e. The van der Waals surface area contributed by atoms with Crippen molar-refractivity contribution in [2.75, 3.05) is 0 Å². The number of hydrazone groups is 1. The van der Waals surface area contributed by atoms with Gasteiger partial charge < -0.3 is 4.98 Å². The Morgan fingerprint density at radius 2 is 1.95 bits per heavy atom. The number of nitrogens with zero attached hydrogens (tertiary/aromatic N) is 1. The number of carbonyl (C=O) groups is 1. The van der Waals surface area contributed by atoms with Crippen molar-refractivity contribution >= 4 is 17.7 Å². The third-order valence-corrected chi connectivity index (χ3v) is 5.01. The fourth-order valence-electron chi connectivity index (χ4n) is 3.18. The van der Waals surface area contributed by atoms with E-state index in [4.69, 9.17) is 0 Å². The molecule has 0 bridgehead atoms. The first-order valence-electron chi connectivity index (χ1n) is 6.59. The Balaban J connectivity index is 1.97. The van der Waals surface area contributed by atoms with Gasteiger partial charge in [0.25, 0.3) is 5.91 Å². The average molecular weight is 257 g/mol. The third-order valence-electron chi connectivity index (χ3n) is 5.01. The monoisotopic (exact) mass is 257 g/mol. The molecule has 0 saturated heterocycles. The number of aromatic amines is 1. The van der Waals surface area contributed by atoms with Gasteiger partial charge in [-0.2, -0.15) is 5.10 Å². The molecule has 19 heavy (non-hydrogen) atoms. The number of H-pyrrole nitrogens is 1. The summed E-state index contributed by atoms with van der Waals surface area (Å²) in [6, 6.07) is 3.86. The van der Waals surface area contributed by atoms with Crippen molar-refractivity contribution in [3.63, 3.8) is 0 Å². The first kappa shape index (κ1) is 12.2. The maximum atomic E-state index is 12.0. The van der Waals surface area contributed by atoms with Crippen LogP contribution in [-0.4, -0.2) is 16.6 Å². The van der Waals surface area contributed by atoms with E-state index in [1.54, 1.807) is 0 Å². The Labute approximate surface area is 113 Å². The van der Waals surface area contributed by atoms with E-state index in [9.17, 15) is 4.79 Å². The van der Waals surface area contributed by atoms with Crippen LogP contribution in [0.25, 0.3) is 6.08 Å². The van der Waals surface area contributed by atoms with E-state index in [1.165, 1.54) is 0 Å². The van der Waals surface area contributed by atoms with Gasteiger partial charge in [-0.3, -0.25) is 4.79 Å². The highest BCUT2D eigenvalue weighted by atomic mass is 16.2. The topological polar surface area (TPSA) is 57.2 Å². The van der Waals surface area contributed by atoms with Crippen molar-refractivity contribution in [2.24, 2.45) is 21.8 Å². The molecule has 1 amide bonds. The molecule has 1 aliphatic carbocycles. The molecule has 4 nitrogen and oxygen atoms in total. The molecular formula is C15H19N3O. The molecule has 3 rings (SSSR count). The number of amides is 1. The van der Waals surface area contributed by atoms with Gasteiger partial charge in [-0.15, -0.1) is 0 Å². The number of nitrogens with one attached hydrogen (secondary N) is 2. The number of aromatic nitrogens is 1. The molecule has 2 N–H and O–H groups in total. The summed E-state index contributed by atoms with van der Waals surface area (Å²) >= 11 is 0. The van der Waals surface area contributed by atoms with E-state index in [0.717, 1.165) is 11.4 Å². The van der Waals surface area contributed by atoms with Gasteiger partial charge in [0.2, 0.25) is 0 Å². The summed E-state index contributed by atoms with van der Waals surface area (Å²) in [6.07, 6.45) is 3.73. The van der Waals surface area contributed by atoms with E-state index in [-0.39, 0.29) is 16.7 Å². The zero-order valence-corrected chi connectivity index (χ0v) is 11.7. The van der Waals surface area contributed by atoms with Crippen LogP contribution in [0.15, 0.2) is 29.0 Å². The molecular weight excluding hydrogens is 238 g/mol. The lowest BCUT2D eigenvalue weighted by atomic mass is 10.00. The molecule has 0 unspecified atom stereocenters. The zero-order valence-electron chi connectivity index (χ0n) is 11.7. The minimum absolute atomic E-state index is 0.108. The summed E-state index contributed by atoms with van der Waals surface area (Å²) in [5.41, 5.74) is 5.45. The van der Waals surface area contributed by atoms with Crippen LogP contribution in [0.4, 0.5) is 0 Å². The summed E-state index contributed by atoms with van der Waals surface area (Å²) in [6.45, 7) is 8.93. The molecule has 2 aliphatic rings. The first-order chi connectivity index (χ1) is 8.85. The van der Waals surface area contributed by atoms with Crippen LogP contribution in [0, 0.1) is 16.7 Å². The standard InChI is InChI=1S/C15H19N3O/c1-14(2)12(15(14,3)4)11-10(13(19)18-17-11)8-9-6-5-7-16-9/h5-8,12,16H,1-4H3,(H,18,19). The van der Waals surface area contributed by atoms with Crippen molar-refractivity contribution < 1.29 is 4.79 Å². The summed E-state index contributed by atoms with van der Waals surface area (Å²) in [4.78, 5) is 15.1.